The van der Waals surface area contributed by atoms with Crippen molar-refractivity contribution in [1.29, 1.82) is 0 Å². The van der Waals surface area contributed by atoms with Crippen molar-refractivity contribution in [3.63, 3.8) is 0 Å². The third-order valence-corrected chi connectivity index (χ3v) is 11.7. The molecule has 0 saturated heterocycles. The molecule has 0 radical (unpaired) electrons. The molecule has 3 aromatic heterocycles. The van der Waals surface area contributed by atoms with Crippen LogP contribution in [0.4, 0.5) is 0 Å². The molecular weight excluding hydrogens is 637 g/mol. The lowest BCUT2D eigenvalue weighted by atomic mass is 9.99. The largest absolute Gasteiger partial charge is 0.309 e. The van der Waals surface area contributed by atoms with Gasteiger partial charge in [-0.3, -0.25) is 0 Å². The number of para-hydroxylation sites is 2. The fourth-order valence-corrected chi connectivity index (χ4v) is 9.47. The van der Waals surface area contributed by atoms with E-state index in [1.54, 1.807) is 0 Å². The molecule has 8 aromatic carbocycles. The quantitative estimate of drug-likeness (QED) is 0.177. The van der Waals surface area contributed by atoms with E-state index in [1.165, 1.54) is 86.0 Å². The molecular formula is C48H30N2S. The third kappa shape index (κ3) is 4.22. The fourth-order valence-electron chi connectivity index (χ4n) is 8.34. The molecule has 0 atom stereocenters. The van der Waals surface area contributed by atoms with Gasteiger partial charge in [0.1, 0.15) is 0 Å². The smallest absolute Gasteiger partial charge is 0.0548 e. The summed E-state index contributed by atoms with van der Waals surface area (Å²) in [6.45, 7) is 0. The molecule has 0 fully saturated rings. The Morgan fingerprint density at radius 2 is 0.882 bits per heavy atom. The Labute approximate surface area is 298 Å². The lowest BCUT2D eigenvalue weighted by molar-refractivity contribution is 1.17. The van der Waals surface area contributed by atoms with E-state index in [4.69, 9.17) is 0 Å². The molecule has 0 spiro atoms. The Morgan fingerprint density at radius 3 is 1.61 bits per heavy atom. The highest BCUT2D eigenvalue weighted by Crippen LogP contribution is 2.44. The van der Waals surface area contributed by atoms with Gasteiger partial charge < -0.3 is 9.13 Å². The van der Waals surface area contributed by atoms with Crippen LogP contribution in [0, 0.1) is 0 Å². The second kappa shape index (κ2) is 11.0. The Balaban J connectivity index is 1.13. The Morgan fingerprint density at radius 1 is 0.314 bits per heavy atom. The Hall–Kier alpha value is -6.42. The summed E-state index contributed by atoms with van der Waals surface area (Å²) in [5.41, 5.74) is 12.1. The number of hydrogen-bond acceptors (Lipinski definition) is 1. The van der Waals surface area contributed by atoms with E-state index in [-0.39, 0.29) is 0 Å². The van der Waals surface area contributed by atoms with Crippen LogP contribution in [-0.2, 0) is 0 Å². The second-order valence-electron chi connectivity index (χ2n) is 13.3. The third-order valence-electron chi connectivity index (χ3n) is 10.5. The molecule has 0 unspecified atom stereocenters. The molecule has 238 valence electrons. The van der Waals surface area contributed by atoms with Crippen LogP contribution in [0.1, 0.15) is 0 Å². The maximum Gasteiger partial charge on any atom is 0.0548 e. The minimum Gasteiger partial charge on any atom is -0.309 e. The zero-order valence-corrected chi connectivity index (χ0v) is 28.4. The number of nitrogens with zero attached hydrogens (tertiary/aromatic N) is 2. The summed E-state index contributed by atoms with van der Waals surface area (Å²) in [5.74, 6) is 0. The summed E-state index contributed by atoms with van der Waals surface area (Å²) >= 11 is 1.87. The van der Waals surface area contributed by atoms with Gasteiger partial charge in [0.05, 0.1) is 22.1 Å². The van der Waals surface area contributed by atoms with E-state index in [9.17, 15) is 0 Å². The average Bonchev–Trinajstić information content (AvgIpc) is 3.86. The van der Waals surface area contributed by atoms with Gasteiger partial charge in [0.25, 0.3) is 0 Å². The van der Waals surface area contributed by atoms with Gasteiger partial charge in [-0.2, -0.15) is 0 Å². The Bertz CT molecular complexity index is 3120. The van der Waals surface area contributed by atoms with E-state index < -0.39 is 0 Å². The van der Waals surface area contributed by atoms with Crippen LogP contribution in [0.5, 0.6) is 0 Å². The maximum atomic E-state index is 2.44. The van der Waals surface area contributed by atoms with Crippen molar-refractivity contribution in [2.24, 2.45) is 0 Å². The van der Waals surface area contributed by atoms with Gasteiger partial charge in [0.2, 0.25) is 0 Å². The topological polar surface area (TPSA) is 9.86 Å². The first-order chi connectivity index (χ1) is 25.3. The minimum atomic E-state index is 1.16. The molecule has 11 aromatic rings. The van der Waals surface area contributed by atoms with E-state index in [0.29, 0.717) is 0 Å². The normalized spacial score (nSPS) is 11.9. The highest BCUT2D eigenvalue weighted by molar-refractivity contribution is 7.25. The van der Waals surface area contributed by atoms with Crippen LogP contribution in [0.15, 0.2) is 182 Å². The first-order valence-corrected chi connectivity index (χ1v) is 18.3. The van der Waals surface area contributed by atoms with Gasteiger partial charge in [0, 0.05) is 53.1 Å². The number of hydrogen-bond donors (Lipinski definition) is 0. The number of fused-ring (bicyclic) bond motifs is 10. The van der Waals surface area contributed by atoms with Crippen molar-refractivity contribution in [2.45, 2.75) is 0 Å². The van der Waals surface area contributed by atoms with Crippen molar-refractivity contribution in [1.82, 2.24) is 9.13 Å². The van der Waals surface area contributed by atoms with Crippen LogP contribution in [0.25, 0.3) is 97.4 Å². The molecule has 3 heteroatoms. The number of thiophene rings is 1. The van der Waals surface area contributed by atoms with Gasteiger partial charge in [-0.1, -0.05) is 121 Å². The molecule has 11 rings (SSSR count). The first-order valence-electron chi connectivity index (χ1n) is 17.4. The van der Waals surface area contributed by atoms with Crippen LogP contribution in [0.3, 0.4) is 0 Å². The molecule has 0 aliphatic rings. The van der Waals surface area contributed by atoms with Crippen LogP contribution in [-0.4, -0.2) is 9.13 Å². The molecule has 0 N–H and O–H groups in total. The highest BCUT2D eigenvalue weighted by atomic mass is 32.1. The van der Waals surface area contributed by atoms with Crippen LogP contribution in [0.2, 0.25) is 0 Å². The standard InChI is InChI=1S/C48H30N2S/c1-2-12-31(13-3-1)33-14-10-15-35(30-33)50-41-21-8-5-17-38(41)48-43(50)29-28-42-47(48)37-16-4-7-20-40(37)49(42)34-26-24-32(25-27-34)36-19-11-23-45-46(36)39-18-6-9-22-44(39)51-45/h1-30H. The molecule has 0 saturated carbocycles. The SMILES string of the molecule is c1ccc(-c2cccc(-n3c4ccccc4c4c5c6ccccc6n(-c6ccc(-c7cccc8sc9ccccc9c78)cc6)c5ccc43)c2)cc1. The summed E-state index contributed by atoms with van der Waals surface area (Å²) in [7, 11) is 0. The van der Waals surface area contributed by atoms with Crippen molar-refractivity contribution in [2.75, 3.05) is 0 Å². The average molecular weight is 667 g/mol. The van der Waals surface area contributed by atoms with Gasteiger partial charge in [-0.15, -0.1) is 11.3 Å². The summed E-state index contributed by atoms with van der Waals surface area (Å²) in [5, 5.41) is 7.77. The molecule has 0 bridgehead atoms. The molecule has 0 aliphatic carbocycles. The second-order valence-corrected chi connectivity index (χ2v) is 14.4. The number of rotatable bonds is 4. The first kappa shape index (κ1) is 28.4. The molecule has 2 nitrogen and oxygen atoms in total. The molecule has 3 heterocycles. The maximum absolute atomic E-state index is 2.44. The zero-order valence-electron chi connectivity index (χ0n) is 27.6. The van der Waals surface area contributed by atoms with Gasteiger partial charge in [-0.25, -0.2) is 0 Å². The number of benzene rings is 8. The summed E-state index contributed by atoms with van der Waals surface area (Å²) in [6, 6.07) is 66.5. The van der Waals surface area contributed by atoms with Crippen LogP contribution >= 0.6 is 11.3 Å². The lowest BCUT2D eigenvalue weighted by Gasteiger charge is -2.11. The minimum absolute atomic E-state index is 1.16. The van der Waals surface area contributed by atoms with E-state index in [1.807, 2.05) is 11.3 Å². The molecule has 51 heavy (non-hydrogen) atoms. The number of aromatic nitrogens is 2. The Kier molecular flexibility index (Phi) is 6.16. The van der Waals surface area contributed by atoms with Crippen molar-refractivity contribution in [3.05, 3.63) is 182 Å². The van der Waals surface area contributed by atoms with Crippen molar-refractivity contribution < 1.29 is 0 Å². The van der Waals surface area contributed by atoms with E-state index in [2.05, 4.69) is 191 Å². The van der Waals surface area contributed by atoms with Crippen LogP contribution < -0.4 is 0 Å². The fraction of sp³-hybridized carbons (Fsp3) is 0. The van der Waals surface area contributed by atoms with Crippen molar-refractivity contribution in [3.8, 4) is 33.6 Å². The summed E-state index contributed by atoms with van der Waals surface area (Å²) in [6.07, 6.45) is 0. The molecule has 0 aliphatic heterocycles. The summed E-state index contributed by atoms with van der Waals surface area (Å²) in [4.78, 5) is 0. The zero-order chi connectivity index (χ0) is 33.5. The van der Waals surface area contributed by atoms with Gasteiger partial charge in [0.15, 0.2) is 0 Å². The van der Waals surface area contributed by atoms with E-state index in [0.717, 1.165) is 11.4 Å². The predicted octanol–water partition coefficient (Wildman–Crippen LogP) is 13.6. The summed E-state index contributed by atoms with van der Waals surface area (Å²) < 4.78 is 7.54. The highest BCUT2D eigenvalue weighted by Gasteiger charge is 2.21. The lowest BCUT2D eigenvalue weighted by Crippen LogP contribution is -1.95. The monoisotopic (exact) mass is 666 g/mol. The van der Waals surface area contributed by atoms with Gasteiger partial charge >= 0.3 is 0 Å². The predicted molar refractivity (Wildman–Crippen MR) is 219 cm³/mol. The van der Waals surface area contributed by atoms with E-state index >= 15 is 0 Å². The molecule has 0 amide bonds. The van der Waals surface area contributed by atoms with Gasteiger partial charge in [-0.05, 0) is 82.9 Å². The van der Waals surface area contributed by atoms with Crippen molar-refractivity contribution >= 4 is 75.1 Å².